The quantitative estimate of drug-likeness (QED) is 0.559. The van der Waals surface area contributed by atoms with Crippen LogP contribution in [0.3, 0.4) is 0 Å². The number of thiol groups is 1. The Morgan fingerprint density at radius 2 is 2.11 bits per heavy atom. The number of hydrogen-bond donors (Lipinski definition) is 2. The molecule has 0 radical (unpaired) electrons. The van der Waals surface area contributed by atoms with Crippen molar-refractivity contribution < 1.29 is 5.11 Å². The maximum Gasteiger partial charge on any atom is 0.116 e. The molecule has 0 aliphatic rings. The molecule has 0 unspecified atom stereocenters. The Hall–Kier alpha value is -0.340. The van der Waals surface area contributed by atoms with Crippen molar-refractivity contribution >= 4 is 24.2 Å². The van der Waals surface area contributed by atoms with Crippen molar-refractivity contribution in [2.45, 2.75) is 4.90 Å². The van der Waals surface area contributed by atoms with E-state index in [9.17, 15) is 0 Å². The highest BCUT2D eigenvalue weighted by molar-refractivity contribution is 7.80. The van der Waals surface area contributed by atoms with E-state index in [1.807, 2.05) is 0 Å². The van der Waals surface area contributed by atoms with Crippen LogP contribution in [-0.4, -0.2) is 5.11 Å². The fourth-order valence-corrected chi connectivity index (χ4v) is 0.825. The lowest BCUT2D eigenvalue weighted by atomic mass is 10.3. The van der Waals surface area contributed by atoms with Gasteiger partial charge in [-0.05, 0) is 18.2 Å². The maximum absolute atomic E-state index is 8.83. The zero-order valence-corrected chi connectivity index (χ0v) is 6.15. The van der Waals surface area contributed by atoms with Crippen LogP contribution in [0.4, 0.5) is 0 Å². The topological polar surface area (TPSA) is 20.2 Å². The van der Waals surface area contributed by atoms with Crippen LogP contribution in [0.5, 0.6) is 5.75 Å². The molecule has 0 spiro atoms. The molecule has 0 saturated heterocycles. The van der Waals surface area contributed by atoms with Gasteiger partial charge >= 0.3 is 0 Å². The van der Waals surface area contributed by atoms with Crippen LogP contribution in [0, 0.1) is 0 Å². The summed E-state index contributed by atoms with van der Waals surface area (Å²) in [7, 11) is 0. The number of benzene rings is 1. The molecule has 0 aromatic heterocycles. The third-order valence-electron chi connectivity index (χ3n) is 0.930. The Kier molecular flexibility index (Phi) is 1.88. The van der Waals surface area contributed by atoms with Crippen LogP contribution in [0.25, 0.3) is 0 Å². The minimum atomic E-state index is 0.185. The third-order valence-corrected chi connectivity index (χ3v) is 1.76. The standard InChI is InChI=1S/C6H5ClOS/c7-5-2-1-4(8)3-6(5)9/h1-3,8-9H. The molecule has 48 valence electrons. The predicted molar refractivity (Wildman–Crippen MR) is 40.4 cm³/mol. The fourth-order valence-electron chi connectivity index (χ4n) is 0.501. The number of phenols is 1. The molecular weight excluding hydrogens is 156 g/mol. The molecule has 0 bridgehead atoms. The zero-order valence-electron chi connectivity index (χ0n) is 4.50. The average Bonchev–Trinajstić information content (AvgIpc) is 1.80. The summed E-state index contributed by atoms with van der Waals surface area (Å²) in [5.41, 5.74) is 0. The molecule has 1 aromatic rings. The van der Waals surface area contributed by atoms with Crippen molar-refractivity contribution in [2.75, 3.05) is 0 Å². The monoisotopic (exact) mass is 160 g/mol. The van der Waals surface area contributed by atoms with Crippen molar-refractivity contribution in [2.24, 2.45) is 0 Å². The second-order valence-corrected chi connectivity index (χ2v) is 2.52. The van der Waals surface area contributed by atoms with Gasteiger partial charge < -0.3 is 5.11 Å². The molecule has 1 nitrogen and oxygen atoms in total. The Morgan fingerprint density at radius 3 is 2.56 bits per heavy atom. The Morgan fingerprint density at radius 1 is 1.44 bits per heavy atom. The van der Waals surface area contributed by atoms with Gasteiger partial charge in [-0.15, -0.1) is 12.6 Å². The van der Waals surface area contributed by atoms with Gasteiger partial charge in [0.15, 0.2) is 0 Å². The predicted octanol–water partition coefficient (Wildman–Crippen LogP) is 2.33. The maximum atomic E-state index is 8.83. The molecule has 0 amide bonds. The normalized spacial score (nSPS) is 9.56. The lowest BCUT2D eigenvalue weighted by Gasteiger charge is -1.94. The van der Waals surface area contributed by atoms with Crippen molar-refractivity contribution in [1.82, 2.24) is 0 Å². The van der Waals surface area contributed by atoms with Gasteiger partial charge in [0.2, 0.25) is 0 Å². The molecule has 0 aliphatic carbocycles. The second kappa shape index (κ2) is 2.50. The summed E-state index contributed by atoms with van der Waals surface area (Å²) >= 11 is 9.57. The summed E-state index contributed by atoms with van der Waals surface area (Å²) in [4.78, 5) is 0.594. The van der Waals surface area contributed by atoms with E-state index < -0.39 is 0 Å². The first-order valence-electron chi connectivity index (χ1n) is 2.37. The van der Waals surface area contributed by atoms with Gasteiger partial charge in [-0.25, -0.2) is 0 Å². The average molecular weight is 161 g/mol. The zero-order chi connectivity index (χ0) is 6.85. The first kappa shape index (κ1) is 6.78. The Balaban J connectivity index is 3.17. The van der Waals surface area contributed by atoms with Gasteiger partial charge in [0.1, 0.15) is 5.75 Å². The largest absolute Gasteiger partial charge is 0.508 e. The highest BCUT2D eigenvalue weighted by atomic mass is 35.5. The molecule has 0 fully saturated rings. The lowest BCUT2D eigenvalue weighted by molar-refractivity contribution is 0.474. The molecule has 0 saturated carbocycles. The van der Waals surface area contributed by atoms with Gasteiger partial charge in [-0.2, -0.15) is 0 Å². The molecule has 9 heavy (non-hydrogen) atoms. The summed E-state index contributed by atoms with van der Waals surface area (Å²) in [5.74, 6) is 0.185. The van der Waals surface area contributed by atoms with Crippen LogP contribution in [0.2, 0.25) is 5.02 Å². The smallest absolute Gasteiger partial charge is 0.116 e. The molecule has 0 heterocycles. The van der Waals surface area contributed by atoms with E-state index in [-0.39, 0.29) is 5.75 Å². The minimum Gasteiger partial charge on any atom is -0.508 e. The number of halogens is 1. The molecular formula is C6H5ClOS. The summed E-state index contributed by atoms with van der Waals surface area (Å²) in [6, 6.07) is 4.60. The Labute approximate surface area is 63.7 Å². The van der Waals surface area contributed by atoms with E-state index in [4.69, 9.17) is 16.7 Å². The first-order valence-corrected chi connectivity index (χ1v) is 3.20. The van der Waals surface area contributed by atoms with Crippen molar-refractivity contribution in [3.63, 3.8) is 0 Å². The van der Waals surface area contributed by atoms with Crippen LogP contribution in [-0.2, 0) is 0 Å². The lowest BCUT2D eigenvalue weighted by Crippen LogP contribution is -1.67. The van der Waals surface area contributed by atoms with Crippen LogP contribution >= 0.6 is 24.2 Å². The van der Waals surface area contributed by atoms with Gasteiger partial charge in [-0.3, -0.25) is 0 Å². The van der Waals surface area contributed by atoms with Crippen molar-refractivity contribution in [3.05, 3.63) is 23.2 Å². The van der Waals surface area contributed by atoms with Gasteiger partial charge in [0.25, 0.3) is 0 Å². The van der Waals surface area contributed by atoms with Gasteiger partial charge in [-0.1, -0.05) is 11.6 Å². The van der Waals surface area contributed by atoms with E-state index in [1.54, 1.807) is 6.07 Å². The fraction of sp³-hybridized carbons (Fsp3) is 0. The minimum absolute atomic E-state index is 0.185. The molecule has 1 aromatic carbocycles. The number of rotatable bonds is 0. The number of hydrogen-bond acceptors (Lipinski definition) is 2. The summed E-state index contributed by atoms with van der Waals surface area (Å²) in [5, 5.41) is 9.38. The molecule has 1 N–H and O–H groups in total. The van der Waals surface area contributed by atoms with E-state index in [2.05, 4.69) is 12.6 Å². The first-order chi connectivity index (χ1) is 4.20. The highest BCUT2D eigenvalue weighted by Crippen LogP contribution is 2.23. The number of phenolic OH excluding ortho intramolecular Hbond substituents is 1. The van der Waals surface area contributed by atoms with E-state index in [0.717, 1.165) is 0 Å². The SMILES string of the molecule is Oc1ccc(Cl)c(S)c1. The van der Waals surface area contributed by atoms with E-state index >= 15 is 0 Å². The van der Waals surface area contributed by atoms with Crippen molar-refractivity contribution in [1.29, 1.82) is 0 Å². The van der Waals surface area contributed by atoms with Crippen molar-refractivity contribution in [3.8, 4) is 5.75 Å². The summed E-state index contributed by atoms with van der Waals surface area (Å²) in [6.07, 6.45) is 0. The van der Waals surface area contributed by atoms with Crippen LogP contribution in [0.1, 0.15) is 0 Å². The van der Waals surface area contributed by atoms with Crippen LogP contribution in [0.15, 0.2) is 23.1 Å². The van der Waals surface area contributed by atoms with E-state index in [1.165, 1.54) is 12.1 Å². The third kappa shape index (κ3) is 1.53. The second-order valence-electron chi connectivity index (χ2n) is 1.64. The summed E-state index contributed by atoms with van der Waals surface area (Å²) in [6.45, 7) is 0. The molecule has 0 aliphatic heterocycles. The highest BCUT2D eigenvalue weighted by Gasteiger charge is 1.94. The van der Waals surface area contributed by atoms with Gasteiger partial charge in [0, 0.05) is 4.90 Å². The Bertz CT molecular complexity index is 224. The molecule has 3 heteroatoms. The molecule has 1 rings (SSSR count). The number of aromatic hydroxyl groups is 1. The van der Waals surface area contributed by atoms with E-state index in [0.29, 0.717) is 9.92 Å². The molecule has 0 atom stereocenters. The van der Waals surface area contributed by atoms with Gasteiger partial charge in [0.05, 0.1) is 5.02 Å². The summed E-state index contributed by atoms with van der Waals surface area (Å²) < 4.78 is 0. The van der Waals surface area contributed by atoms with Crippen LogP contribution < -0.4 is 0 Å².